The molecule has 0 spiro atoms. The average molecular weight is 591 g/mol. The van der Waals surface area contributed by atoms with E-state index in [1.807, 2.05) is 6.07 Å². The predicted octanol–water partition coefficient (Wildman–Crippen LogP) is -0.737. The van der Waals surface area contributed by atoms with Gasteiger partial charge in [-0.1, -0.05) is 30.3 Å². The van der Waals surface area contributed by atoms with Crippen molar-refractivity contribution in [1.29, 1.82) is 0 Å². The molecule has 0 bridgehead atoms. The van der Waals surface area contributed by atoms with Crippen LogP contribution in [0.4, 0.5) is 4.79 Å². The molecule has 0 radical (unpaired) electrons. The third-order valence-electron chi connectivity index (χ3n) is 7.18. The Morgan fingerprint density at radius 3 is 2.10 bits per heavy atom. The number of amides is 2. The number of rotatable bonds is 13. The number of carbonyl (C=O) groups is 6. The van der Waals surface area contributed by atoms with Crippen LogP contribution in [0, 0.1) is 0 Å². The second-order valence-electron chi connectivity index (χ2n) is 10.3. The van der Waals surface area contributed by atoms with Gasteiger partial charge in [0.2, 0.25) is 5.91 Å². The monoisotopic (exact) mass is 590 g/mol. The number of ketones is 2. The van der Waals surface area contributed by atoms with E-state index in [4.69, 9.17) is 9.47 Å². The van der Waals surface area contributed by atoms with Gasteiger partial charge in [-0.05, 0) is 38.2 Å². The van der Waals surface area contributed by atoms with Gasteiger partial charge in [0.15, 0.2) is 17.6 Å². The van der Waals surface area contributed by atoms with Gasteiger partial charge in [-0.25, -0.2) is 9.59 Å². The molecule has 3 rings (SSSR count). The van der Waals surface area contributed by atoms with Gasteiger partial charge in [-0.3, -0.25) is 29.8 Å². The molecular weight excluding hydrogens is 552 g/mol. The predicted molar refractivity (Wildman–Crippen MR) is 146 cm³/mol. The number of alkyl carbamates (subject to hydrolysis) is 1. The summed E-state index contributed by atoms with van der Waals surface area (Å²) in [7, 11) is 1.14. The van der Waals surface area contributed by atoms with Crippen molar-refractivity contribution in [2.45, 2.75) is 88.5 Å². The summed E-state index contributed by atoms with van der Waals surface area (Å²) in [6.07, 6.45) is -0.713. The molecule has 1 aromatic rings. The quantitative estimate of drug-likeness (QED) is 0.143. The average Bonchev–Trinajstić information content (AvgIpc) is 3.67. The fraction of sp³-hybridized carbons (Fsp3) is 0.571. The Balaban J connectivity index is 1.54. The van der Waals surface area contributed by atoms with Crippen LogP contribution in [0.5, 0.6) is 0 Å². The van der Waals surface area contributed by atoms with Crippen molar-refractivity contribution in [3.63, 3.8) is 0 Å². The maximum Gasteiger partial charge on any atom is 0.408 e. The molecule has 2 saturated heterocycles. The number of nitrogens with one attached hydrogen (secondary N) is 4. The SMILES string of the molecule is COC(=O)C(NC(=O)C1CCC(C(=O)C2CCC(C(=O)[C@@H](COC(C)=O)NC(=O)OCc3ccccc3)N2)N1)C(C)O. The highest BCUT2D eigenvalue weighted by Crippen LogP contribution is 2.21. The zero-order valence-electron chi connectivity index (χ0n) is 23.8. The number of hydrogen-bond donors (Lipinski definition) is 5. The van der Waals surface area contributed by atoms with E-state index >= 15 is 0 Å². The first kappa shape index (κ1) is 32.6. The highest BCUT2D eigenvalue weighted by atomic mass is 16.6. The van der Waals surface area contributed by atoms with Gasteiger partial charge in [0, 0.05) is 6.92 Å². The van der Waals surface area contributed by atoms with Crippen LogP contribution in [-0.4, -0.2) is 96.7 Å². The van der Waals surface area contributed by atoms with Crippen molar-refractivity contribution < 1.29 is 48.1 Å². The fourth-order valence-corrected chi connectivity index (χ4v) is 4.91. The number of benzene rings is 1. The van der Waals surface area contributed by atoms with Crippen LogP contribution in [-0.2, 0) is 44.8 Å². The number of carbonyl (C=O) groups excluding carboxylic acids is 6. The van der Waals surface area contributed by atoms with E-state index in [0.717, 1.165) is 12.7 Å². The summed E-state index contributed by atoms with van der Waals surface area (Å²) in [6.45, 7) is 2.11. The minimum Gasteiger partial charge on any atom is -0.467 e. The number of methoxy groups -OCH3 is 1. The molecule has 5 N–H and O–H groups in total. The Hall–Kier alpha value is -3.88. The number of aliphatic hydroxyl groups is 1. The van der Waals surface area contributed by atoms with Crippen LogP contribution in [0.1, 0.15) is 45.1 Å². The van der Waals surface area contributed by atoms with Crippen molar-refractivity contribution in [3.8, 4) is 0 Å². The Morgan fingerprint density at radius 2 is 1.50 bits per heavy atom. The third kappa shape index (κ3) is 9.06. The van der Waals surface area contributed by atoms with Gasteiger partial charge >= 0.3 is 18.0 Å². The van der Waals surface area contributed by atoms with Gasteiger partial charge in [-0.2, -0.15) is 0 Å². The molecule has 2 fully saturated rings. The first-order chi connectivity index (χ1) is 20.0. The summed E-state index contributed by atoms with van der Waals surface area (Å²) in [5, 5.41) is 20.7. The molecule has 1 aromatic carbocycles. The lowest BCUT2D eigenvalue weighted by atomic mass is 10.0. The smallest absolute Gasteiger partial charge is 0.408 e. The molecule has 230 valence electrons. The van der Waals surface area contributed by atoms with Gasteiger partial charge in [-0.15, -0.1) is 0 Å². The Kier molecular flexibility index (Phi) is 11.9. The molecule has 7 atom stereocenters. The molecular formula is C28H38N4O10. The van der Waals surface area contributed by atoms with E-state index in [1.54, 1.807) is 24.3 Å². The Bertz CT molecular complexity index is 1140. The second kappa shape index (κ2) is 15.4. The molecule has 0 saturated carbocycles. The largest absolute Gasteiger partial charge is 0.467 e. The second-order valence-corrected chi connectivity index (χ2v) is 10.3. The van der Waals surface area contributed by atoms with Gasteiger partial charge in [0.05, 0.1) is 37.4 Å². The third-order valence-corrected chi connectivity index (χ3v) is 7.18. The van der Waals surface area contributed by atoms with Gasteiger partial charge in [0.25, 0.3) is 0 Å². The molecule has 2 amide bonds. The molecule has 6 unspecified atom stereocenters. The Morgan fingerprint density at radius 1 is 0.905 bits per heavy atom. The summed E-state index contributed by atoms with van der Waals surface area (Å²) >= 11 is 0. The maximum absolute atomic E-state index is 13.3. The molecule has 2 heterocycles. The highest BCUT2D eigenvalue weighted by Gasteiger charge is 2.42. The lowest BCUT2D eigenvalue weighted by molar-refractivity contribution is -0.148. The van der Waals surface area contributed by atoms with Crippen LogP contribution in [0.3, 0.4) is 0 Å². The van der Waals surface area contributed by atoms with Crippen molar-refractivity contribution in [1.82, 2.24) is 21.3 Å². The van der Waals surface area contributed by atoms with E-state index < -0.39 is 78.7 Å². The van der Waals surface area contributed by atoms with Gasteiger partial charge < -0.3 is 30.0 Å². The minimum absolute atomic E-state index is 0.0187. The summed E-state index contributed by atoms with van der Waals surface area (Å²) in [6, 6.07) is 3.61. The number of Topliss-reactive ketones (excluding diaryl/α,β-unsaturated/α-hetero) is 2. The van der Waals surface area contributed by atoms with Gasteiger partial charge in [0.1, 0.15) is 19.3 Å². The van der Waals surface area contributed by atoms with Crippen molar-refractivity contribution in [3.05, 3.63) is 35.9 Å². The van der Waals surface area contributed by atoms with Crippen molar-refractivity contribution in [2.24, 2.45) is 0 Å². The first-order valence-electron chi connectivity index (χ1n) is 13.8. The van der Waals surface area contributed by atoms with Crippen molar-refractivity contribution >= 4 is 35.5 Å². The number of aliphatic hydroxyl groups excluding tert-OH is 1. The fourth-order valence-electron chi connectivity index (χ4n) is 4.91. The van der Waals surface area contributed by atoms with Crippen LogP contribution in [0.15, 0.2) is 30.3 Å². The number of esters is 2. The van der Waals surface area contributed by atoms with E-state index in [0.29, 0.717) is 25.7 Å². The van der Waals surface area contributed by atoms with E-state index in [1.165, 1.54) is 13.8 Å². The molecule has 14 heteroatoms. The molecule has 42 heavy (non-hydrogen) atoms. The summed E-state index contributed by atoms with van der Waals surface area (Å²) in [4.78, 5) is 74.8. The van der Waals surface area contributed by atoms with Crippen molar-refractivity contribution in [2.75, 3.05) is 13.7 Å². The van der Waals surface area contributed by atoms with Crippen LogP contribution in [0.2, 0.25) is 0 Å². The first-order valence-corrected chi connectivity index (χ1v) is 13.8. The summed E-state index contributed by atoms with van der Waals surface area (Å²) < 4.78 is 14.8. The molecule has 14 nitrogen and oxygen atoms in total. The standard InChI is InChI=1S/C28H38N4O10/c1-15(33)23(27(38)40-3)32-26(37)21-12-11-19(30-21)24(35)18-9-10-20(29-18)25(36)22(14-41-16(2)34)31-28(39)42-13-17-7-5-4-6-8-17/h4-8,15,18-23,29-30,33H,9-14H2,1-3H3,(H,31,39)(H,32,37)/t15?,18?,19?,20?,21?,22-,23?/m1/s1. The molecule has 0 aliphatic carbocycles. The number of ether oxygens (including phenoxy) is 3. The number of hydrogen-bond acceptors (Lipinski definition) is 12. The Labute approximate surface area is 243 Å². The lowest BCUT2D eigenvalue weighted by Crippen LogP contribution is -2.55. The van der Waals surface area contributed by atoms with E-state index in [-0.39, 0.29) is 12.4 Å². The van der Waals surface area contributed by atoms with E-state index in [2.05, 4.69) is 26.0 Å². The summed E-state index contributed by atoms with van der Waals surface area (Å²) in [5.41, 5.74) is 0.751. The van der Waals surface area contributed by atoms with Crippen LogP contribution < -0.4 is 21.3 Å². The van der Waals surface area contributed by atoms with Crippen LogP contribution >= 0.6 is 0 Å². The topological polar surface area (TPSA) is 198 Å². The molecule has 2 aliphatic heterocycles. The zero-order valence-corrected chi connectivity index (χ0v) is 23.8. The normalized spacial score (nSPS) is 23.6. The van der Waals surface area contributed by atoms with Crippen LogP contribution in [0.25, 0.3) is 0 Å². The maximum atomic E-state index is 13.3. The van der Waals surface area contributed by atoms with E-state index in [9.17, 15) is 33.9 Å². The molecule has 2 aliphatic rings. The summed E-state index contributed by atoms with van der Waals surface area (Å²) in [5.74, 6) is -2.66. The minimum atomic E-state index is -1.24. The lowest BCUT2D eigenvalue weighted by Gasteiger charge is -2.23. The molecule has 0 aromatic heterocycles. The zero-order chi connectivity index (χ0) is 30.8. The highest BCUT2D eigenvalue weighted by molar-refractivity contribution is 5.96.